The highest BCUT2D eigenvalue weighted by Crippen LogP contribution is 2.02. The second kappa shape index (κ2) is 4.48. The van der Waals surface area contributed by atoms with Gasteiger partial charge in [-0.2, -0.15) is 12.6 Å². The van der Waals surface area contributed by atoms with E-state index in [4.69, 9.17) is 5.73 Å². The van der Waals surface area contributed by atoms with Crippen LogP contribution >= 0.6 is 25.0 Å². The van der Waals surface area contributed by atoms with Gasteiger partial charge in [0.05, 0.1) is 0 Å². The molecule has 8 heavy (non-hydrogen) atoms. The average molecular weight is 156 g/mol. The predicted octanol–water partition coefficient (Wildman–Crippen LogP) is 1.47. The van der Waals surface area contributed by atoms with Crippen LogP contribution in [-0.2, 0) is 0 Å². The quantitative estimate of drug-likeness (QED) is 0.581. The van der Waals surface area contributed by atoms with E-state index in [0.29, 0.717) is 0 Å². The maximum atomic E-state index is 5.60. The molecule has 0 amide bonds. The Bertz CT molecular complexity index is 50.9. The highest BCUT2D eigenvalue weighted by molar-refractivity contribution is 7.80. The van der Waals surface area contributed by atoms with E-state index in [1.165, 1.54) is 0 Å². The fraction of sp³-hybridized carbons (Fsp3) is 1.00. The molecular weight excluding hydrogens is 142 g/mol. The Labute approximate surface area is 62.8 Å². The van der Waals surface area contributed by atoms with Gasteiger partial charge < -0.3 is 5.73 Å². The fourth-order valence-electron chi connectivity index (χ4n) is 0.288. The third-order valence-electron chi connectivity index (χ3n) is 0.756. The van der Waals surface area contributed by atoms with Gasteiger partial charge in [0, 0.05) is 5.54 Å². The van der Waals surface area contributed by atoms with Gasteiger partial charge in [-0.1, -0.05) is 0 Å². The van der Waals surface area contributed by atoms with E-state index in [-0.39, 0.29) is 17.9 Å². The summed E-state index contributed by atoms with van der Waals surface area (Å²) in [6.07, 6.45) is 0.982. The average Bonchev–Trinajstić information content (AvgIpc) is 1.30. The summed E-state index contributed by atoms with van der Waals surface area (Å²) >= 11 is 4.03. The van der Waals surface area contributed by atoms with Gasteiger partial charge in [0.25, 0.3) is 0 Å². The molecule has 0 fully saturated rings. The van der Waals surface area contributed by atoms with E-state index in [2.05, 4.69) is 12.6 Å². The Morgan fingerprint density at radius 1 is 1.50 bits per heavy atom. The molecule has 0 heterocycles. The summed E-state index contributed by atoms with van der Waals surface area (Å²) in [7, 11) is 0. The first-order valence-electron chi connectivity index (χ1n) is 2.46. The van der Waals surface area contributed by atoms with Crippen LogP contribution in [0, 0.1) is 0 Å². The zero-order valence-electron chi connectivity index (χ0n) is 5.35. The molecule has 0 aliphatic rings. The molecule has 0 aliphatic carbocycles. The first-order valence-corrected chi connectivity index (χ1v) is 3.09. The van der Waals surface area contributed by atoms with Gasteiger partial charge in [0.2, 0.25) is 0 Å². The van der Waals surface area contributed by atoms with Crippen molar-refractivity contribution in [1.29, 1.82) is 0 Å². The number of nitrogens with two attached hydrogens (primary N) is 1. The summed E-state index contributed by atoms with van der Waals surface area (Å²) in [5.74, 6) is 0.878. The molecule has 0 saturated heterocycles. The molecule has 0 atom stereocenters. The van der Waals surface area contributed by atoms with Crippen LogP contribution in [-0.4, -0.2) is 11.3 Å². The van der Waals surface area contributed by atoms with Gasteiger partial charge in [-0.25, -0.2) is 0 Å². The molecule has 2 N–H and O–H groups in total. The van der Waals surface area contributed by atoms with Crippen molar-refractivity contribution in [2.45, 2.75) is 25.8 Å². The maximum Gasteiger partial charge on any atom is 0.0105 e. The van der Waals surface area contributed by atoms with Gasteiger partial charge in [0.15, 0.2) is 0 Å². The van der Waals surface area contributed by atoms with Crippen LogP contribution in [0.25, 0.3) is 0 Å². The van der Waals surface area contributed by atoms with Crippen molar-refractivity contribution in [2.24, 2.45) is 5.73 Å². The summed E-state index contributed by atoms with van der Waals surface area (Å²) < 4.78 is 0. The zero-order valence-corrected chi connectivity index (χ0v) is 7.06. The minimum atomic E-state index is -0.0260. The van der Waals surface area contributed by atoms with E-state index < -0.39 is 0 Å². The molecule has 0 aliphatic heterocycles. The van der Waals surface area contributed by atoms with E-state index in [1.54, 1.807) is 0 Å². The van der Waals surface area contributed by atoms with Crippen LogP contribution in [0.4, 0.5) is 0 Å². The van der Waals surface area contributed by atoms with Crippen LogP contribution in [0.15, 0.2) is 0 Å². The van der Waals surface area contributed by atoms with Crippen molar-refractivity contribution in [3.63, 3.8) is 0 Å². The molecule has 0 spiro atoms. The second-order valence-corrected chi connectivity index (χ2v) is 2.91. The number of thiol groups is 1. The van der Waals surface area contributed by atoms with Crippen molar-refractivity contribution in [2.75, 3.05) is 5.75 Å². The van der Waals surface area contributed by atoms with Crippen molar-refractivity contribution >= 4 is 25.0 Å². The van der Waals surface area contributed by atoms with Gasteiger partial charge in [-0.05, 0) is 26.0 Å². The normalized spacial score (nSPS) is 10.5. The highest BCUT2D eigenvalue weighted by Gasteiger charge is 2.06. The monoisotopic (exact) mass is 155 g/mol. The SMILES string of the molecule is CC(C)(N)CCS.Cl. The molecule has 0 aromatic rings. The smallest absolute Gasteiger partial charge is 0.0105 e. The first kappa shape index (κ1) is 11.4. The van der Waals surface area contributed by atoms with E-state index >= 15 is 0 Å². The lowest BCUT2D eigenvalue weighted by Crippen LogP contribution is -2.31. The molecule has 0 rings (SSSR count). The predicted molar refractivity (Wildman–Crippen MR) is 44.0 cm³/mol. The van der Waals surface area contributed by atoms with Crippen molar-refractivity contribution in [3.05, 3.63) is 0 Å². The standard InChI is InChI=1S/C5H13NS.ClH/c1-5(2,6)3-4-7;/h7H,3-4,6H2,1-2H3;1H. The Morgan fingerprint density at radius 3 is 1.88 bits per heavy atom. The fourth-order valence-corrected chi connectivity index (χ4v) is 0.864. The van der Waals surface area contributed by atoms with Crippen molar-refractivity contribution in [3.8, 4) is 0 Å². The van der Waals surface area contributed by atoms with Crippen LogP contribution in [0.2, 0.25) is 0 Å². The lowest BCUT2D eigenvalue weighted by Gasteiger charge is -2.15. The number of rotatable bonds is 2. The molecule has 3 heteroatoms. The zero-order chi connectivity index (χ0) is 5.91. The molecule has 0 saturated carbocycles. The lowest BCUT2D eigenvalue weighted by molar-refractivity contribution is 0.506. The summed E-state index contributed by atoms with van der Waals surface area (Å²) in [5.41, 5.74) is 5.57. The molecule has 0 radical (unpaired) electrons. The lowest BCUT2D eigenvalue weighted by atomic mass is 10.0. The van der Waals surface area contributed by atoms with Crippen LogP contribution in [0.5, 0.6) is 0 Å². The van der Waals surface area contributed by atoms with Crippen molar-refractivity contribution < 1.29 is 0 Å². The Balaban J connectivity index is 0. The summed E-state index contributed by atoms with van der Waals surface area (Å²) in [6.45, 7) is 4.01. The molecule has 0 aromatic heterocycles. The minimum Gasteiger partial charge on any atom is -0.326 e. The number of hydrogen-bond acceptors (Lipinski definition) is 2. The number of halogens is 1. The molecular formula is C5H14ClNS. The topological polar surface area (TPSA) is 26.0 Å². The van der Waals surface area contributed by atoms with Crippen LogP contribution < -0.4 is 5.73 Å². The third kappa shape index (κ3) is 9.78. The van der Waals surface area contributed by atoms with Gasteiger partial charge in [-0.15, -0.1) is 12.4 Å². The molecule has 0 aromatic carbocycles. The highest BCUT2D eigenvalue weighted by atomic mass is 35.5. The Kier molecular flexibility index (Phi) is 6.38. The second-order valence-electron chi connectivity index (χ2n) is 2.46. The Morgan fingerprint density at radius 2 is 1.88 bits per heavy atom. The van der Waals surface area contributed by atoms with E-state index in [9.17, 15) is 0 Å². The largest absolute Gasteiger partial charge is 0.326 e. The van der Waals surface area contributed by atoms with E-state index in [0.717, 1.165) is 12.2 Å². The van der Waals surface area contributed by atoms with E-state index in [1.807, 2.05) is 13.8 Å². The van der Waals surface area contributed by atoms with Gasteiger partial charge in [0.1, 0.15) is 0 Å². The Hall–Kier alpha value is 0.600. The third-order valence-corrected chi connectivity index (χ3v) is 0.980. The molecule has 1 nitrogen and oxygen atoms in total. The summed E-state index contributed by atoms with van der Waals surface area (Å²) in [4.78, 5) is 0. The van der Waals surface area contributed by atoms with Crippen LogP contribution in [0.1, 0.15) is 20.3 Å². The molecule has 52 valence electrons. The van der Waals surface area contributed by atoms with Crippen molar-refractivity contribution in [1.82, 2.24) is 0 Å². The summed E-state index contributed by atoms with van der Waals surface area (Å²) in [5, 5.41) is 0. The maximum absolute atomic E-state index is 5.60. The first-order chi connectivity index (χ1) is 3.06. The van der Waals surface area contributed by atoms with Gasteiger partial charge in [-0.3, -0.25) is 0 Å². The molecule has 0 bridgehead atoms. The van der Waals surface area contributed by atoms with Gasteiger partial charge >= 0.3 is 0 Å². The van der Waals surface area contributed by atoms with Crippen LogP contribution in [0.3, 0.4) is 0 Å². The summed E-state index contributed by atoms with van der Waals surface area (Å²) in [6, 6.07) is 0. The minimum absolute atomic E-state index is 0. The molecule has 0 unspecified atom stereocenters. The number of hydrogen-bond donors (Lipinski definition) is 2.